The molecule has 0 atom stereocenters. The summed E-state index contributed by atoms with van der Waals surface area (Å²) in [5, 5.41) is 3.86. The Bertz CT molecular complexity index is 424. The first-order chi connectivity index (χ1) is 10.1. The molecule has 1 aromatic rings. The first kappa shape index (κ1) is 16.4. The highest BCUT2D eigenvalue weighted by molar-refractivity contribution is 5.05. The third kappa shape index (κ3) is 3.27. The predicted octanol–water partition coefficient (Wildman–Crippen LogP) is 3.00. The van der Waals surface area contributed by atoms with E-state index < -0.39 is 0 Å². The van der Waals surface area contributed by atoms with Gasteiger partial charge in [-0.3, -0.25) is 4.90 Å². The zero-order valence-electron chi connectivity index (χ0n) is 14.0. The van der Waals surface area contributed by atoms with Gasteiger partial charge in [0.05, 0.1) is 6.54 Å². The lowest BCUT2D eigenvalue weighted by molar-refractivity contribution is -0.0127. The van der Waals surface area contributed by atoms with Gasteiger partial charge in [0.15, 0.2) is 0 Å². The van der Waals surface area contributed by atoms with E-state index in [9.17, 15) is 0 Å². The highest BCUT2D eigenvalue weighted by Crippen LogP contribution is 2.33. The van der Waals surface area contributed by atoms with E-state index in [4.69, 9.17) is 0 Å². The van der Waals surface area contributed by atoms with Gasteiger partial charge in [0.25, 0.3) is 0 Å². The molecule has 0 bridgehead atoms. The van der Waals surface area contributed by atoms with Crippen LogP contribution in [0.25, 0.3) is 0 Å². The van der Waals surface area contributed by atoms with E-state index in [1.807, 2.05) is 18.5 Å². The SMILES string of the molecule is CCC1(CC)CN(Cc2ncccn2)C(CC)(CC)CN1. The van der Waals surface area contributed by atoms with Gasteiger partial charge in [-0.1, -0.05) is 27.7 Å². The van der Waals surface area contributed by atoms with Gasteiger partial charge in [-0.05, 0) is 31.7 Å². The quantitative estimate of drug-likeness (QED) is 0.874. The number of aromatic nitrogens is 2. The largest absolute Gasteiger partial charge is 0.308 e. The van der Waals surface area contributed by atoms with Crippen molar-refractivity contribution in [1.82, 2.24) is 20.2 Å². The standard InChI is InChI=1S/C17H30N4/c1-5-16(6-2)14-21(12-15-18-10-9-11-19-15)17(7-3,8-4)13-20-16/h9-11,20H,5-8,12-14H2,1-4H3. The van der Waals surface area contributed by atoms with Crippen LogP contribution in [0.2, 0.25) is 0 Å². The summed E-state index contributed by atoms with van der Waals surface area (Å²) in [7, 11) is 0. The highest BCUT2D eigenvalue weighted by Gasteiger charge is 2.44. The molecule has 0 aromatic carbocycles. The second-order valence-electron chi connectivity index (χ2n) is 6.29. The fourth-order valence-electron chi connectivity index (χ4n) is 3.53. The Kier molecular flexibility index (Phi) is 5.33. The summed E-state index contributed by atoms with van der Waals surface area (Å²) >= 11 is 0. The maximum absolute atomic E-state index is 4.43. The second kappa shape index (κ2) is 6.84. The average molecular weight is 290 g/mol. The fourth-order valence-corrected chi connectivity index (χ4v) is 3.53. The number of hydrogen-bond donors (Lipinski definition) is 1. The third-order valence-corrected chi connectivity index (χ3v) is 5.58. The van der Waals surface area contributed by atoms with E-state index in [-0.39, 0.29) is 11.1 Å². The minimum absolute atomic E-state index is 0.229. The molecule has 0 radical (unpaired) electrons. The summed E-state index contributed by atoms with van der Waals surface area (Å²) in [5.41, 5.74) is 0.468. The van der Waals surface area contributed by atoms with Crippen molar-refractivity contribution in [2.45, 2.75) is 71.0 Å². The zero-order valence-corrected chi connectivity index (χ0v) is 14.0. The molecule has 1 aliphatic heterocycles. The number of rotatable bonds is 6. The highest BCUT2D eigenvalue weighted by atomic mass is 15.3. The molecular formula is C17H30N4. The van der Waals surface area contributed by atoms with Crippen molar-refractivity contribution >= 4 is 0 Å². The molecule has 118 valence electrons. The van der Waals surface area contributed by atoms with Crippen molar-refractivity contribution in [2.75, 3.05) is 13.1 Å². The summed E-state index contributed by atoms with van der Waals surface area (Å²) in [4.78, 5) is 11.5. The van der Waals surface area contributed by atoms with Crippen molar-refractivity contribution in [2.24, 2.45) is 0 Å². The molecule has 1 N–H and O–H groups in total. The van der Waals surface area contributed by atoms with E-state index in [2.05, 4.69) is 47.9 Å². The molecule has 21 heavy (non-hydrogen) atoms. The smallest absolute Gasteiger partial charge is 0.142 e. The van der Waals surface area contributed by atoms with Crippen LogP contribution in [0.4, 0.5) is 0 Å². The Hall–Kier alpha value is -1.00. The fraction of sp³-hybridized carbons (Fsp3) is 0.765. The van der Waals surface area contributed by atoms with Crippen LogP contribution in [0.1, 0.15) is 59.2 Å². The summed E-state index contributed by atoms with van der Waals surface area (Å²) in [5.74, 6) is 0.937. The topological polar surface area (TPSA) is 41.1 Å². The molecule has 2 heterocycles. The van der Waals surface area contributed by atoms with Gasteiger partial charge in [0.2, 0.25) is 0 Å². The van der Waals surface area contributed by atoms with Crippen molar-refractivity contribution in [1.29, 1.82) is 0 Å². The predicted molar refractivity (Wildman–Crippen MR) is 87.1 cm³/mol. The summed E-state index contributed by atoms with van der Waals surface area (Å²) in [6, 6.07) is 1.89. The van der Waals surface area contributed by atoms with Crippen LogP contribution in [0, 0.1) is 0 Å². The summed E-state index contributed by atoms with van der Waals surface area (Å²) < 4.78 is 0. The lowest BCUT2D eigenvalue weighted by Gasteiger charge is -2.54. The van der Waals surface area contributed by atoms with Gasteiger partial charge in [-0.25, -0.2) is 9.97 Å². The minimum atomic E-state index is 0.229. The summed E-state index contributed by atoms with van der Waals surface area (Å²) in [6.45, 7) is 12.2. The first-order valence-corrected chi connectivity index (χ1v) is 8.39. The maximum atomic E-state index is 4.43. The molecular weight excluding hydrogens is 260 g/mol. The van der Waals surface area contributed by atoms with Crippen molar-refractivity contribution in [3.63, 3.8) is 0 Å². The molecule has 2 rings (SSSR count). The molecule has 4 heteroatoms. The van der Waals surface area contributed by atoms with E-state index >= 15 is 0 Å². The lowest BCUT2D eigenvalue weighted by atomic mass is 9.80. The Labute approximate surface area is 129 Å². The van der Waals surface area contributed by atoms with Crippen molar-refractivity contribution in [3.8, 4) is 0 Å². The molecule has 0 aliphatic carbocycles. The molecule has 1 aromatic heterocycles. The molecule has 1 aliphatic rings. The number of hydrogen-bond acceptors (Lipinski definition) is 4. The third-order valence-electron chi connectivity index (χ3n) is 5.58. The zero-order chi connectivity index (χ0) is 15.3. The molecule has 1 saturated heterocycles. The number of piperazine rings is 1. The lowest BCUT2D eigenvalue weighted by Crippen LogP contribution is -2.69. The van der Waals surface area contributed by atoms with E-state index in [1.165, 1.54) is 12.8 Å². The number of nitrogens with zero attached hydrogens (tertiary/aromatic N) is 3. The van der Waals surface area contributed by atoms with Crippen molar-refractivity contribution < 1.29 is 0 Å². The van der Waals surface area contributed by atoms with Gasteiger partial charge in [-0.15, -0.1) is 0 Å². The Morgan fingerprint density at radius 1 is 1.05 bits per heavy atom. The van der Waals surface area contributed by atoms with Crippen LogP contribution in [0.15, 0.2) is 18.5 Å². The second-order valence-corrected chi connectivity index (χ2v) is 6.29. The van der Waals surface area contributed by atoms with Crippen LogP contribution in [-0.4, -0.2) is 39.0 Å². The van der Waals surface area contributed by atoms with Gasteiger partial charge >= 0.3 is 0 Å². The average Bonchev–Trinajstić information content (AvgIpc) is 2.56. The minimum Gasteiger partial charge on any atom is -0.308 e. The molecule has 0 unspecified atom stereocenters. The Morgan fingerprint density at radius 2 is 1.67 bits per heavy atom. The van der Waals surface area contributed by atoms with Gasteiger partial charge in [0, 0.05) is 36.6 Å². The van der Waals surface area contributed by atoms with Crippen molar-refractivity contribution in [3.05, 3.63) is 24.3 Å². The molecule has 0 saturated carbocycles. The van der Waals surface area contributed by atoms with Crippen LogP contribution in [0.3, 0.4) is 0 Å². The van der Waals surface area contributed by atoms with Crippen LogP contribution in [0.5, 0.6) is 0 Å². The first-order valence-electron chi connectivity index (χ1n) is 8.39. The van der Waals surface area contributed by atoms with Gasteiger partial charge < -0.3 is 5.32 Å². The maximum Gasteiger partial charge on any atom is 0.142 e. The van der Waals surface area contributed by atoms with E-state index in [1.54, 1.807) is 0 Å². The van der Waals surface area contributed by atoms with Gasteiger partial charge in [-0.2, -0.15) is 0 Å². The van der Waals surface area contributed by atoms with E-state index in [0.29, 0.717) is 0 Å². The summed E-state index contributed by atoms with van der Waals surface area (Å²) in [6.07, 6.45) is 8.34. The van der Waals surface area contributed by atoms with Crippen LogP contribution in [-0.2, 0) is 6.54 Å². The Morgan fingerprint density at radius 3 is 2.19 bits per heavy atom. The van der Waals surface area contributed by atoms with Crippen LogP contribution >= 0.6 is 0 Å². The Balaban J connectivity index is 2.24. The number of nitrogens with one attached hydrogen (secondary N) is 1. The normalized spacial score (nSPS) is 21.3. The molecule has 4 nitrogen and oxygen atoms in total. The van der Waals surface area contributed by atoms with Crippen LogP contribution < -0.4 is 5.32 Å². The molecule has 0 amide bonds. The van der Waals surface area contributed by atoms with E-state index in [0.717, 1.165) is 38.3 Å². The van der Waals surface area contributed by atoms with Gasteiger partial charge in [0.1, 0.15) is 5.82 Å². The molecule has 1 fully saturated rings. The molecule has 0 spiro atoms. The monoisotopic (exact) mass is 290 g/mol.